The van der Waals surface area contributed by atoms with Crippen LogP contribution in [0.2, 0.25) is 5.02 Å². The number of rotatable bonds is 21. The van der Waals surface area contributed by atoms with Gasteiger partial charge in [-0.3, -0.25) is 24.1 Å². The van der Waals surface area contributed by atoms with Crippen molar-refractivity contribution in [1.29, 1.82) is 0 Å². The quantitative estimate of drug-likeness (QED) is 0.104. The van der Waals surface area contributed by atoms with Crippen molar-refractivity contribution in [2.24, 2.45) is 22.9 Å². The Bertz CT molecular complexity index is 1380. The van der Waals surface area contributed by atoms with Crippen LogP contribution in [0.25, 0.3) is 10.4 Å². The van der Waals surface area contributed by atoms with E-state index in [2.05, 4.69) is 20.7 Å². The topological polar surface area (TPSA) is 169 Å². The lowest BCUT2D eigenvalue weighted by atomic mass is 9.89. The Hall–Kier alpha value is -3.42. The first-order chi connectivity index (χ1) is 25.0. The van der Waals surface area contributed by atoms with E-state index in [1.165, 1.54) is 12.0 Å². The molecule has 0 unspecified atom stereocenters. The van der Waals surface area contributed by atoms with Crippen LogP contribution >= 0.6 is 11.6 Å². The largest absolute Gasteiger partial charge is 0.379 e. The smallest absolute Gasteiger partial charge is 0.245 e. The number of nitrogens with zero attached hydrogens (tertiary/aromatic N) is 6. The molecule has 2 rings (SSSR count). The molecule has 53 heavy (non-hydrogen) atoms. The van der Waals surface area contributed by atoms with Gasteiger partial charge in [0, 0.05) is 44.3 Å². The highest BCUT2D eigenvalue weighted by molar-refractivity contribution is 6.30. The number of likely N-dealkylation sites (tertiary alicyclic amines) is 1. The van der Waals surface area contributed by atoms with Crippen LogP contribution in [0.4, 0.5) is 0 Å². The number of likely N-dealkylation sites (N-methyl/N-ethyl adjacent to an activating group) is 2. The number of carbonyl (C=O) groups is 4. The van der Waals surface area contributed by atoms with Gasteiger partial charge in [0.2, 0.25) is 23.6 Å². The molecule has 1 heterocycles. The van der Waals surface area contributed by atoms with Crippen molar-refractivity contribution >= 4 is 35.2 Å². The van der Waals surface area contributed by atoms with E-state index < -0.39 is 48.2 Å². The van der Waals surface area contributed by atoms with E-state index in [1.807, 2.05) is 58.9 Å². The minimum Gasteiger partial charge on any atom is -0.379 e. The van der Waals surface area contributed by atoms with Gasteiger partial charge in [0.05, 0.1) is 48.7 Å². The van der Waals surface area contributed by atoms with Gasteiger partial charge in [0.15, 0.2) is 0 Å². The van der Waals surface area contributed by atoms with Crippen LogP contribution in [0.3, 0.4) is 0 Å². The Labute approximate surface area is 321 Å². The van der Waals surface area contributed by atoms with E-state index >= 15 is 0 Å². The third kappa shape index (κ3) is 12.6. The van der Waals surface area contributed by atoms with Crippen molar-refractivity contribution in [3.63, 3.8) is 0 Å². The van der Waals surface area contributed by atoms with Crippen LogP contribution in [-0.4, -0.2) is 129 Å². The van der Waals surface area contributed by atoms with Crippen molar-refractivity contribution in [1.82, 2.24) is 25.3 Å². The van der Waals surface area contributed by atoms with Crippen LogP contribution in [0.15, 0.2) is 29.4 Å². The van der Waals surface area contributed by atoms with Gasteiger partial charge >= 0.3 is 0 Å². The zero-order valence-corrected chi connectivity index (χ0v) is 34.3. The second-order valence-corrected chi connectivity index (χ2v) is 15.3. The van der Waals surface area contributed by atoms with Crippen molar-refractivity contribution in [3.05, 3.63) is 45.3 Å². The number of methoxy groups -OCH3 is 2. The van der Waals surface area contributed by atoms with E-state index in [1.54, 1.807) is 45.0 Å². The first-order valence-electron chi connectivity index (χ1n) is 18.7. The first kappa shape index (κ1) is 45.7. The summed E-state index contributed by atoms with van der Waals surface area (Å²) in [6, 6.07) is 4.07. The molecule has 0 saturated carbocycles. The zero-order valence-electron chi connectivity index (χ0n) is 33.5. The predicted octanol–water partition coefficient (Wildman–Crippen LogP) is 4.69. The van der Waals surface area contributed by atoms with Gasteiger partial charge in [-0.25, -0.2) is 0 Å². The third-order valence-corrected chi connectivity index (χ3v) is 10.9. The van der Waals surface area contributed by atoms with Gasteiger partial charge in [-0.15, -0.1) is 0 Å². The SMILES string of the molecule is CC[C@H](C)[C@@H]([C@@H](CC(=O)N1CCC[C@H]1[C@H](OC)[C@@H](C)C(=O)NCCc1ccc(Cl)cc1)OC)N(C)C(=O)[C@H](NC(=O)[C@H](C(C)C)N(C)C)[C@H](C)N=[N+]=[N-]. The van der Waals surface area contributed by atoms with Crippen molar-refractivity contribution in [3.8, 4) is 0 Å². The van der Waals surface area contributed by atoms with Crippen LogP contribution in [0.1, 0.15) is 72.8 Å². The highest BCUT2D eigenvalue weighted by Gasteiger charge is 2.43. The fourth-order valence-electron chi connectivity index (χ4n) is 7.58. The second kappa shape index (κ2) is 22.1. The number of carbonyl (C=O) groups excluding carboxylic acids is 4. The molecule has 4 amide bonds. The fraction of sp³-hybridized carbons (Fsp3) is 0.737. The Morgan fingerprint density at radius 1 is 1.04 bits per heavy atom. The molecule has 2 N–H and O–H groups in total. The number of benzene rings is 1. The van der Waals surface area contributed by atoms with E-state index in [4.69, 9.17) is 21.1 Å². The average molecular weight is 763 g/mol. The molecular weight excluding hydrogens is 700 g/mol. The zero-order chi connectivity index (χ0) is 40.0. The Balaban J connectivity index is 2.26. The first-order valence-corrected chi connectivity index (χ1v) is 19.1. The van der Waals surface area contributed by atoms with Crippen LogP contribution in [-0.2, 0) is 35.1 Å². The number of hydrogen-bond acceptors (Lipinski definition) is 8. The molecule has 15 heteroatoms. The van der Waals surface area contributed by atoms with Crippen LogP contribution in [0.5, 0.6) is 0 Å². The number of hydrogen-bond donors (Lipinski definition) is 2. The van der Waals surface area contributed by atoms with Gasteiger partial charge < -0.3 is 29.9 Å². The molecule has 1 aliphatic rings. The molecular formula is C38H63ClN8O6. The minimum absolute atomic E-state index is 0.0172. The van der Waals surface area contributed by atoms with E-state index in [0.29, 0.717) is 37.4 Å². The van der Waals surface area contributed by atoms with Crippen molar-refractivity contribution < 1.29 is 28.7 Å². The Morgan fingerprint density at radius 3 is 2.21 bits per heavy atom. The fourth-order valence-corrected chi connectivity index (χ4v) is 7.70. The van der Waals surface area contributed by atoms with Crippen LogP contribution in [0, 0.1) is 17.8 Å². The Morgan fingerprint density at radius 2 is 1.68 bits per heavy atom. The minimum atomic E-state index is -1.14. The molecule has 0 aromatic heterocycles. The average Bonchev–Trinajstić information content (AvgIpc) is 3.60. The van der Waals surface area contributed by atoms with E-state index in [0.717, 1.165) is 12.0 Å². The van der Waals surface area contributed by atoms with Crippen LogP contribution < -0.4 is 10.6 Å². The highest BCUT2D eigenvalue weighted by atomic mass is 35.5. The molecule has 0 spiro atoms. The number of nitrogens with one attached hydrogen (secondary N) is 2. The highest BCUT2D eigenvalue weighted by Crippen LogP contribution is 2.29. The lowest BCUT2D eigenvalue weighted by molar-refractivity contribution is -0.147. The summed E-state index contributed by atoms with van der Waals surface area (Å²) in [5, 5.41) is 10.3. The molecule has 1 aliphatic heterocycles. The molecule has 1 saturated heterocycles. The van der Waals surface area contributed by atoms with Gasteiger partial charge in [-0.2, -0.15) is 0 Å². The van der Waals surface area contributed by atoms with Crippen molar-refractivity contribution in [2.75, 3.05) is 48.5 Å². The van der Waals surface area contributed by atoms with Gasteiger partial charge in [-0.1, -0.05) is 76.8 Å². The summed E-state index contributed by atoms with van der Waals surface area (Å²) >= 11 is 5.99. The maximum atomic E-state index is 14.3. The maximum Gasteiger partial charge on any atom is 0.245 e. The molecule has 1 aromatic carbocycles. The number of halogens is 1. The number of ether oxygens (including phenoxy) is 2. The third-order valence-electron chi connectivity index (χ3n) is 10.6. The summed E-state index contributed by atoms with van der Waals surface area (Å²) in [5.74, 6) is -1.79. The summed E-state index contributed by atoms with van der Waals surface area (Å²) in [6.45, 7) is 12.2. The lowest BCUT2D eigenvalue weighted by Crippen LogP contribution is -2.60. The normalized spacial score (nSPS) is 19.0. The van der Waals surface area contributed by atoms with Gasteiger partial charge in [0.25, 0.3) is 0 Å². The molecule has 0 aliphatic carbocycles. The summed E-state index contributed by atoms with van der Waals surface area (Å²) in [7, 11) is 8.31. The maximum absolute atomic E-state index is 14.3. The summed E-state index contributed by atoms with van der Waals surface area (Å²) in [4.78, 5) is 63.1. The molecule has 298 valence electrons. The molecule has 0 bridgehead atoms. The number of amides is 4. The molecule has 14 nitrogen and oxygen atoms in total. The molecule has 1 aromatic rings. The summed E-state index contributed by atoms with van der Waals surface area (Å²) < 4.78 is 11.9. The van der Waals surface area contributed by atoms with Gasteiger partial charge in [-0.05, 0) is 68.4 Å². The van der Waals surface area contributed by atoms with E-state index in [9.17, 15) is 24.7 Å². The second-order valence-electron chi connectivity index (χ2n) is 14.8. The summed E-state index contributed by atoms with van der Waals surface area (Å²) in [5.41, 5.74) is 10.3. The predicted molar refractivity (Wildman–Crippen MR) is 207 cm³/mol. The molecule has 9 atom stereocenters. The van der Waals surface area contributed by atoms with Crippen molar-refractivity contribution in [2.45, 2.75) is 116 Å². The molecule has 0 radical (unpaired) electrons. The Kier molecular flexibility index (Phi) is 19.1. The monoisotopic (exact) mass is 762 g/mol. The lowest BCUT2D eigenvalue weighted by Gasteiger charge is -2.41. The van der Waals surface area contributed by atoms with Gasteiger partial charge in [0.1, 0.15) is 6.04 Å². The summed E-state index contributed by atoms with van der Waals surface area (Å²) in [6.07, 6.45) is 1.53. The number of azide groups is 1. The molecule has 1 fully saturated rings. The van der Waals surface area contributed by atoms with E-state index in [-0.39, 0.29) is 42.0 Å². The standard InChI is InChI=1S/C38H63ClN8O6/c1-12-24(4)34(46(9)38(51)32(26(6)43-44-40)42-37(50)33(23(2)3)45(7)8)30(52-10)22-31(48)47-21-13-14-29(47)35(53-11)25(5)36(49)41-20-19-27-15-17-28(39)18-16-27/h15-18,23-26,29-30,32-35H,12-14,19-22H2,1-11H3,(H,41,49)(H,42,50)/t24-,25+,26-,29-,30+,32+,33-,34-,35+/m0/s1.